The fourth-order valence-electron chi connectivity index (χ4n) is 13.1. The van der Waals surface area contributed by atoms with Crippen molar-refractivity contribution >= 4 is 43.6 Å². The van der Waals surface area contributed by atoms with E-state index in [0.717, 1.165) is 118 Å². The molecule has 0 unspecified atom stereocenters. The second kappa shape index (κ2) is 25.8. The van der Waals surface area contributed by atoms with Gasteiger partial charge in [-0.05, 0) is 231 Å². The largest absolute Gasteiger partial charge is 0.417 e. The highest BCUT2D eigenvalue weighted by Crippen LogP contribution is 2.51. The van der Waals surface area contributed by atoms with Crippen molar-refractivity contribution in [1.82, 2.24) is 9.13 Å². The predicted octanol–water partition coefficient (Wildman–Crippen LogP) is 27.9. The molecule has 13 rings (SSSR count). The van der Waals surface area contributed by atoms with Crippen LogP contribution in [0.25, 0.3) is 122 Å². The van der Waals surface area contributed by atoms with E-state index in [1.54, 1.807) is 6.07 Å². The number of nitrogens with zero attached hydrogens (tertiary/aromatic N) is 3. The van der Waals surface area contributed by atoms with E-state index in [9.17, 15) is 137 Å². The van der Waals surface area contributed by atoms with E-state index < -0.39 is 201 Å². The third-order valence-corrected chi connectivity index (χ3v) is 18.1. The molecule has 2 aromatic heterocycles. The van der Waals surface area contributed by atoms with E-state index in [0.29, 0.717) is 24.3 Å². The number of fused-ring (bicyclic) bond motifs is 6. The standard InChI is InChI=1S/C77H33F30N3/c78-68(79,80)44-6-9-62(77(105,106)107)55(32-44)39-5-14-67-61(27-39)60-26-38(42-20-49(73(93,94)95)30-50(21-42)74(96,97)98)4-13-66(60)110(67)65-10-1-35(34-108)15-57(65)56-33-53(7-8-54(56)43-22-51(75(99,100)101)31-52(23-43)76(102,103)104)109-63-11-2-36(40-16-45(69(81,82)83)28-46(17-40)70(84,85)86)24-58(63)59-25-37(3-12-64(59)109)41-18-47(71(87,88)89)29-48(19-41)72(90,91)92/h1-33H. The zero-order chi connectivity index (χ0) is 80.2. The van der Waals surface area contributed by atoms with E-state index >= 15 is 0 Å². The first kappa shape index (κ1) is 76.6. The van der Waals surface area contributed by atoms with Gasteiger partial charge in [-0.15, -0.1) is 0 Å². The maximum atomic E-state index is 15.0. The molecule has 0 bridgehead atoms. The van der Waals surface area contributed by atoms with Crippen LogP contribution in [0.3, 0.4) is 0 Å². The van der Waals surface area contributed by atoms with E-state index in [1.165, 1.54) is 0 Å². The molecule has 33 heteroatoms. The molecular formula is C77H33F30N3. The van der Waals surface area contributed by atoms with Gasteiger partial charge in [-0.25, -0.2) is 0 Å². The monoisotopic (exact) mass is 1570 g/mol. The Bertz CT molecular complexity index is 5690. The Labute approximate surface area is 595 Å². The molecule has 3 nitrogen and oxygen atoms in total. The maximum absolute atomic E-state index is 15.0. The fourth-order valence-corrected chi connectivity index (χ4v) is 13.1. The number of aromatic nitrogens is 2. The van der Waals surface area contributed by atoms with Gasteiger partial charge in [-0.3, -0.25) is 0 Å². The van der Waals surface area contributed by atoms with Gasteiger partial charge in [0.25, 0.3) is 0 Å². The number of alkyl halides is 30. The summed E-state index contributed by atoms with van der Waals surface area (Å²) < 4.78 is 439. The van der Waals surface area contributed by atoms with Crippen LogP contribution >= 0.6 is 0 Å². The predicted molar refractivity (Wildman–Crippen MR) is 342 cm³/mol. The molecule has 0 aliphatic rings. The summed E-state index contributed by atoms with van der Waals surface area (Å²) in [5.41, 5.74) is -28.9. The number of rotatable bonds is 8. The average molecular weight is 1570 g/mol. The number of hydrogen-bond acceptors (Lipinski definition) is 1. The molecule has 0 N–H and O–H groups in total. The zero-order valence-electron chi connectivity index (χ0n) is 53.7. The van der Waals surface area contributed by atoms with Gasteiger partial charge < -0.3 is 9.13 Å². The smallest absolute Gasteiger partial charge is 0.309 e. The van der Waals surface area contributed by atoms with Gasteiger partial charge in [0.05, 0.1) is 95.0 Å². The van der Waals surface area contributed by atoms with Crippen molar-refractivity contribution in [2.24, 2.45) is 0 Å². The Morgan fingerprint density at radius 3 is 0.855 bits per heavy atom. The zero-order valence-corrected chi connectivity index (χ0v) is 53.7. The number of hydrogen-bond donors (Lipinski definition) is 0. The quantitative estimate of drug-likeness (QED) is 0.140. The minimum absolute atomic E-state index is 0.0911. The first-order valence-electron chi connectivity index (χ1n) is 31.1. The number of benzene rings is 11. The van der Waals surface area contributed by atoms with Gasteiger partial charge >= 0.3 is 61.8 Å². The van der Waals surface area contributed by atoms with Crippen molar-refractivity contribution in [2.45, 2.75) is 61.8 Å². The van der Waals surface area contributed by atoms with Crippen LogP contribution in [0.5, 0.6) is 0 Å². The molecular weight excluding hydrogens is 1540 g/mol. The lowest BCUT2D eigenvalue weighted by atomic mass is 9.90. The minimum Gasteiger partial charge on any atom is -0.309 e. The molecule has 2 heterocycles. The molecule has 11 aromatic carbocycles. The summed E-state index contributed by atoms with van der Waals surface area (Å²) in [5.74, 6) is 0. The van der Waals surface area contributed by atoms with Crippen molar-refractivity contribution in [1.29, 1.82) is 5.26 Å². The summed E-state index contributed by atoms with van der Waals surface area (Å²) >= 11 is 0. The van der Waals surface area contributed by atoms with Crippen LogP contribution in [0.2, 0.25) is 0 Å². The molecule has 0 radical (unpaired) electrons. The van der Waals surface area contributed by atoms with Crippen LogP contribution < -0.4 is 0 Å². The molecule has 0 saturated heterocycles. The van der Waals surface area contributed by atoms with Crippen LogP contribution in [-0.2, 0) is 61.8 Å². The molecule has 0 fully saturated rings. The van der Waals surface area contributed by atoms with Crippen molar-refractivity contribution in [2.75, 3.05) is 0 Å². The summed E-state index contributed by atoms with van der Waals surface area (Å²) in [7, 11) is 0. The van der Waals surface area contributed by atoms with E-state index in [2.05, 4.69) is 0 Å². The summed E-state index contributed by atoms with van der Waals surface area (Å²) in [6.07, 6.45) is -54.7. The van der Waals surface area contributed by atoms with Gasteiger partial charge in [0.15, 0.2) is 0 Å². The topological polar surface area (TPSA) is 33.6 Å². The fraction of sp³-hybridized carbons (Fsp3) is 0.130. The van der Waals surface area contributed by atoms with Gasteiger partial charge in [-0.1, -0.05) is 30.3 Å². The second-order valence-corrected chi connectivity index (χ2v) is 25.1. The number of nitriles is 1. The van der Waals surface area contributed by atoms with Crippen LogP contribution in [0, 0.1) is 11.3 Å². The molecule has 0 aliphatic heterocycles. The summed E-state index contributed by atoms with van der Waals surface area (Å²) in [5, 5.41) is 9.27. The lowest BCUT2D eigenvalue weighted by Gasteiger charge is -2.21. The van der Waals surface area contributed by atoms with Crippen molar-refractivity contribution < 1.29 is 132 Å². The van der Waals surface area contributed by atoms with Gasteiger partial charge in [-0.2, -0.15) is 137 Å². The first-order chi connectivity index (χ1) is 50.7. The van der Waals surface area contributed by atoms with E-state index in [-0.39, 0.29) is 111 Å². The Hall–Kier alpha value is -11.6. The maximum Gasteiger partial charge on any atom is 0.417 e. The normalized spacial score (nSPS) is 13.4. The molecule has 0 amide bonds. The molecule has 0 spiro atoms. The van der Waals surface area contributed by atoms with Gasteiger partial charge in [0, 0.05) is 32.8 Å². The van der Waals surface area contributed by atoms with Crippen molar-refractivity contribution in [3.05, 3.63) is 261 Å². The molecule has 0 saturated carbocycles. The van der Waals surface area contributed by atoms with E-state index in [4.69, 9.17) is 0 Å². The molecule has 110 heavy (non-hydrogen) atoms. The lowest BCUT2D eigenvalue weighted by Crippen LogP contribution is -2.11. The van der Waals surface area contributed by atoms with Crippen LogP contribution in [0.1, 0.15) is 61.2 Å². The summed E-state index contributed by atoms with van der Waals surface area (Å²) in [4.78, 5) is 0. The van der Waals surface area contributed by atoms with Crippen LogP contribution in [0.15, 0.2) is 200 Å². The van der Waals surface area contributed by atoms with E-state index in [1.807, 2.05) is 0 Å². The van der Waals surface area contributed by atoms with Crippen LogP contribution in [0.4, 0.5) is 132 Å². The van der Waals surface area contributed by atoms with Crippen LogP contribution in [-0.4, -0.2) is 9.13 Å². The third kappa shape index (κ3) is 14.6. The SMILES string of the molecule is N#Cc1ccc(-n2c3ccc(-c4cc(C(F)(F)F)cc(C(F)(F)F)c4)cc3c3cc(-c4cc(C(F)(F)F)ccc4C(F)(F)F)ccc32)c(-c2cc(-n3c4ccc(-c5cc(C(F)(F)F)cc(C(F)(F)F)c5)cc4c4cc(-c5cc(C(F)(F)F)cc(C(F)(F)F)c5)ccc43)ccc2-c2cc(C(F)(F)F)cc(C(F)(F)F)c2)c1. The highest BCUT2D eigenvalue weighted by atomic mass is 19.4. The lowest BCUT2D eigenvalue weighted by molar-refractivity contribution is -0.144. The third-order valence-electron chi connectivity index (χ3n) is 18.1. The molecule has 566 valence electrons. The molecule has 0 aliphatic carbocycles. The first-order valence-corrected chi connectivity index (χ1v) is 31.1. The summed E-state index contributed by atoms with van der Waals surface area (Å²) in [6, 6.07) is 20.9. The van der Waals surface area contributed by atoms with Crippen molar-refractivity contribution in [3.8, 4) is 84.2 Å². The Morgan fingerprint density at radius 2 is 0.527 bits per heavy atom. The minimum atomic E-state index is -5.61. The Kier molecular flexibility index (Phi) is 18.0. The average Bonchev–Trinajstić information content (AvgIpc) is 1.56. The molecule has 0 atom stereocenters. The Morgan fingerprint density at radius 1 is 0.209 bits per heavy atom. The summed E-state index contributed by atoms with van der Waals surface area (Å²) in [6.45, 7) is 0. The number of halogens is 30. The van der Waals surface area contributed by atoms with Gasteiger partial charge in [0.2, 0.25) is 0 Å². The molecule has 13 aromatic rings. The Balaban J connectivity index is 1.15. The highest BCUT2D eigenvalue weighted by molar-refractivity contribution is 6.14. The van der Waals surface area contributed by atoms with Crippen molar-refractivity contribution in [3.63, 3.8) is 0 Å². The second-order valence-electron chi connectivity index (χ2n) is 25.1. The highest BCUT2D eigenvalue weighted by Gasteiger charge is 2.43. The van der Waals surface area contributed by atoms with Gasteiger partial charge in [0.1, 0.15) is 0 Å².